The van der Waals surface area contributed by atoms with E-state index < -0.39 is 11.4 Å². The zero-order valence-corrected chi connectivity index (χ0v) is 17.2. The number of likely N-dealkylation sites (N-methyl/N-ethyl adjacent to an activating group) is 1. The zero-order valence-electron chi connectivity index (χ0n) is 17.2. The normalized spacial score (nSPS) is 14.9. The molecule has 1 rings (SSSR count). The lowest BCUT2D eigenvalue weighted by molar-refractivity contribution is -0.466. The highest BCUT2D eigenvalue weighted by molar-refractivity contribution is 5.90. The molecule has 0 aromatic carbocycles. The van der Waals surface area contributed by atoms with Gasteiger partial charge in [-0.15, -0.1) is 0 Å². The minimum Gasteiger partial charge on any atom is -0.481 e. The van der Waals surface area contributed by atoms with Gasteiger partial charge in [0.15, 0.2) is 5.71 Å². The third-order valence-corrected chi connectivity index (χ3v) is 4.18. The minimum atomic E-state index is -0.707. The first kappa shape index (κ1) is 26.5. The molecule has 3 N–H and O–H groups in total. The van der Waals surface area contributed by atoms with E-state index in [9.17, 15) is 15.0 Å². The molecule has 0 radical (unpaired) electrons. The number of carbonyl (C=O) groups is 1. The van der Waals surface area contributed by atoms with E-state index in [0.29, 0.717) is 6.42 Å². The predicted molar refractivity (Wildman–Crippen MR) is 109 cm³/mol. The molecule has 0 aromatic heterocycles. The van der Waals surface area contributed by atoms with Crippen molar-refractivity contribution in [3.8, 4) is 0 Å². The number of hydrogen-bond acceptors (Lipinski definition) is 3. The van der Waals surface area contributed by atoms with Gasteiger partial charge in [-0.25, -0.2) is 0 Å². The summed E-state index contributed by atoms with van der Waals surface area (Å²) < 4.78 is 2.05. The van der Waals surface area contributed by atoms with Crippen LogP contribution in [-0.4, -0.2) is 51.3 Å². The topological polar surface area (TPSA) is 80.8 Å². The van der Waals surface area contributed by atoms with E-state index in [0.717, 1.165) is 36.4 Å². The van der Waals surface area contributed by atoms with E-state index in [-0.39, 0.29) is 13.2 Å². The molecule has 26 heavy (non-hydrogen) atoms. The third-order valence-electron chi connectivity index (χ3n) is 4.18. The highest BCUT2D eigenvalue weighted by Gasteiger charge is 2.49. The van der Waals surface area contributed by atoms with Crippen molar-refractivity contribution >= 4 is 11.7 Å². The molecule has 0 atom stereocenters. The molecular formula is C21H38NO4+. The summed E-state index contributed by atoms with van der Waals surface area (Å²) in [5.41, 5.74) is 2.02. The molecule has 5 nitrogen and oxygen atoms in total. The summed E-state index contributed by atoms with van der Waals surface area (Å²) in [5, 5.41) is 27.2. The van der Waals surface area contributed by atoms with Gasteiger partial charge in [0.05, 0.1) is 13.2 Å². The molecule has 0 bridgehead atoms. The van der Waals surface area contributed by atoms with Crippen LogP contribution in [0.3, 0.4) is 0 Å². The highest BCUT2D eigenvalue weighted by atomic mass is 16.4. The van der Waals surface area contributed by atoms with Crippen molar-refractivity contribution in [2.24, 2.45) is 5.41 Å². The number of aliphatic hydroxyl groups excluding tert-OH is 2. The average molecular weight is 369 g/mol. The number of allylic oxidation sites excluding steroid dienone is 2. The SMILES string of the molecule is C=CC1=C(C=C)C(CO)(CO)C(C)=[N+]1CC.CCC.CCCCC(=O)O. The fourth-order valence-corrected chi connectivity index (χ4v) is 2.73. The van der Waals surface area contributed by atoms with E-state index in [1.165, 1.54) is 6.42 Å². The molecule has 0 unspecified atom stereocenters. The molecule has 0 saturated carbocycles. The number of unbranched alkanes of at least 4 members (excludes halogenated alkanes) is 1. The number of hydrogen-bond donors (Lipinski definition) is 3. The van der Waals surface area contributed by atoms with Crippen LogP contribution in [0.5, 0.6) is 0 Å². The summed E-state index contributed by atoms with van der Waals surface area (Å²) in [6.07, 6.45) is 6.78. The molecule has 0 aromatic rings. The third kappa shape index (κ3) is 6.89. The van der Waals surface area contributed by atoms with Crippen LogP contribution in [0, 0.1) is 5.41 Å². The van der Waals surface area contributed by atoms with Crippen LogP contribution in [0.4, 0.5) is 0 Å². The molecule has 150 valence electrons. The number of nitrogens with zero attached hydrogens (tertiary/aromatic N) is 1. The molecule has 1 aliphatic heterocycles. The summed E-state index contributed by atoms with van der Waals surface area (Å²) in [4.78, 5) is 9.76. The Morgan fingerprint density at radius 1 is 1.12 bits per heavy atom. The lowest BCUT2D eigenvalue weighted by Gasteiger charge is -2.22. The Hall–Kier alpha value is -1.72. The lowest BCUT2D eigenvalue weighted by Crippen LogP contribution is -2.38. The van der Waals surface area contributed by atoms with Crippen LogP contribution < -0.4 is 0 Å². The van der Waals surface area contributed by atoms with Gasteiger partial charge < -0.3 is 15.3 Å². The van der Waals surface area contributed by atoms with Crippen LogP contribution in [0.25, 0.3) is 0 Å². The first-order chi connectivity index (χ1) is 12.3. The van der Waals surface area contributed by atoms with Gasteiger partial charge in [0.25, 0.3) is 0 Å². The molecule has 0 fully saturated rings. The van der Waals surface area contributed by atoms with Gasteiger partial charge in [-0.1, -0.05) is 52.8 Å². The molecule has 1 aliphatic rings. The van der Waals surface area contributed by atoms with Crippen LogP contribution in [-0.2, 0) is 4.79 Å². The molecular weight excluding hydrogens is 330 g/mol. The van der Waals surface area contributed by atoms with Crippen molar-refractivity contribution < 1.29 is 24.7 Å². The summed E-state index contributed by atoms with van der Waals surface area (Å²) >= 11 is 0. The van der Waals surface area contributed by atoms with Crippen molar-refractivity contribution in [1.82, 2.24) is 0 Å². The summed E-state index contributed by atoms with van der Waals surface area (Å²) in [5.74, 6) is -0.693. The van der Waals surface area contributed by atoms with Gasteiger partial charge in [-0.2, -0.15) is 4.58 Å². The molecule has 0 saturated heterocycles. The van der Waals surface area contributed by atoms with Crippen LogP contribution in [0.1, 0.15) is 60.3 Å². The van der Waals surface area contributed by atoms with Crippen LogP contribution in [0.2, 0.25) is 0 Å². The van der Waals surface area contributed by atoms with Crippen molar-refractivity contribution in [2.75, 3.05) is 19.8 Å². The van der Waals surface area contributed by atoms with Crippen molar-refractivity contribution in [3.05, 3.63) is 36.6 Å². The largest absolute Gasteiger partial charge is 0.481 e. The molecule has 5 heteroatoms. The highest BCUT2D eigenvalue weighted by Crippen LogP contribution is 2.37. The molecule has 0 amide bonds. The van der Waals surface area contributed by atoms with E-state index in [4.69, 9.17) is 5.11 Å². The van der Waals surface area contributed by atoms with E-state index >= 15 is 0 Å². The second-order valence-electron chi connectivity index (χ2n) is 6.14. The first-order valence-electron chi connectivity index (χ1n) is 9.36. The second kappa shape index (κ2) is 14.4. The number of aliphatic carboxylic acids is 1. The van der Waals surface area contributed by atoms with Gasteiger partial charge in [0, 0.05) is 25.0 Å². The second-order valence-corrected chi connectivity index (χ2v) is 6.14. The van der Waals surface area contributed by atoms with Crippen LogP contribution in [0.15, 0.2) is 36.6 Å². The Labute approximate surface area is 159 Å². The molecule has 0 aliphatic carbocycles. The van der Waals surface area contributed by atoms with Gasteiger partial charge in [0.1, 0.15) is 12.0 Å². The number of carboxylic acids is 1. The fraction of sp³-hybridized carbons (Fsp3) is 0.619. The Bertz CT molecular complexity index is 514. The summed E-state index contributed by atoms with van der Waals surface area (Å²) in [6, 6.07) is 0. The predicted octanol–water partition coefficient (Wildman–Crippen LogP) is 3.77. The Morgan fingerprint density at radius 3 is 1.85 bits per heavy atom. The standard InChI is InChI=1S/C13H20NO2.C5H10O2.C3H8/c1-5-11-12(6-2)14(7-3)10(4)13(11,8-15)9-16;1-2-3-4-5(6)7;1-3-2/h5-6,15-16H,1-2,7-9H2,3-4H3;2-4H2,1H3,(H,6,7);3H2,1-2H3/q+1;;. The molecule has 1 heterocycles. The van der Waals surface area contributed by atoms with Gasteiger partial charge in [0.2, 0.25) is 5.70 Å². The number of rotatable bonds is 8. The Morgan fingerprint density at radius 2 is 1.62 bits per heavy atom. The van der Waals surface area contributed by atoms with E-state index in [1.807, 2.05) is 20.8 Å². The van der Waals surface area contributed by atoms with Gasteiger partial charge in [-0.3, -0.25) is 4.79 Å². The maximum atomic E-state index is 9.76. The van der Waals surface area contributed by atoms with Crippen molar-refractivity contribution in [2.45, 2.75) is 60.3 Å². The van der Waals surface area contributed by atoms with Crippen LogP contribution >= 0.6 is 0 Å². The Kier molecular flexibility index (Phi) is 14.7. The number of aliphatic hydroxyl groups is 2. The van der Waals surface area contributed by atoms with Crippen molar-refractivity contribution in [1.29, 1.82) is 0 Å². The monoisotopic (exact) mass is 368 g/mol. The lowest BCUT2D eigenvalue weighted by atomic mass is 9.78. The zero-order chi connectivity index (χ0) is 20.8. The molecule has 0 spiro atoms. The minimum absolute atomic E-state index is 0.121. The number of carboxylic acid groups (broad SMARTS) is 1. The van der Waals surface area contributed by atoms with Gasteiger partial charge in [-0.05, 0) is 13.3 Å². The maximum Gasteiger partial charge on any atom is 0.303 e. The summed E-state index contributed by atoms with van der Waals surface area (Å²) in [6.45, 7) is 18.3. The van der Waals surface area contributed by atoms with E-state index in [1.54, 1.807) is 12.2 Å². The maximum absolute atomic E-state index is 9.76. The van der Waals surface area contributed by atoms with Crippen molar-refractivity contribution in [3.63, 3.8) is 0 Å². The smallest absolute Gasteiger partial charge is 0.303 e. The first-order valence-corrected chi connectivity index (χ1v) is 9.36. The fourth-order valence-electron chi connectivity index (χ4n) is 2.73. The van der Waals surface area contributed by atoms with Gasteiger partial charge >= 0.3 is 5.97 Å². The Balaban J connectivity index is 0. The average Bonchev–Trinajstić information content (AvgIpc) is 2.87. The van der Waals surface area contributed by atoms with E-state index in [2.05, 4.69) is 31.6 Å². The summed E-state index contributed by atoms with van der Waals surface area (Å²) in [7, 11) is 0. The quantitative estimate of drug-likeness (QED) is 0.570.